The number of pyridine rings is 1. The van der Waals surface area contributed by atoms with Gasteiger partial charge in [0.1, 0.15) is 0 Å². The highest BCUT2D eigenvalue weighted by molar-refractivity contribution is 6.31. The fraction of sp³-hybridized carbons (Fsp3) is 0.154. The lowest BCUT2D eigenvalue weighted by Gasteiger charge is -2.13. The first kappa shape index (κ1) is 11.1. The third kappa shape index (κ3) is 2.23. The number of hydrogen-bond acceptors (Lipinski definition) is 2. The Morgan fingerprint density at radius 3 is 2.56 bits per heavy atom. The number of aryl methyl sites for hydroxylation is 1. The minimum Gasteiger partial charge on any atom is -0.319 e. The van der Waals surface area contributed by atoms with Crippen LogP contribution >= 0.6 is 11.6 Å². The average molecular weight is 233 g/mol. The summed E-state index contributed by atoms with van der Waals surface area (Å²) in [6.45, 7) is 1.95. The van der Waals surface area contributed by atoms with E-state index in [-0.39, 0.29) is 6.04 Å². The Bertz CT molecular complexity index is 497. The van der Waals surface area contributed by atoms with Gasteiger partial charge in [-0.15, -0.1) is 0 Å². The molecule has 1 heterocycles. The topological polar surface area (TPSA) is 38.9 Å². The van der Waals surface area contributed by atoms with Crippen molar-refractivity contribution in [3.05, 3.63) is 64.4 Å². The summed E-state index contributed by atoms with van der Waals surface area (Å²) in [5, 5.41) is 0.679. The maximum atomic E-state index is 6.14. The summed E-state index contributed by atoms with van der Waals surface area (Å²) >= 11 is 6.10. The largest absolute Gasteiger partial charge is 0.319 e. The predicted octanol–water partition coefficient (Wildman–Crippen LogP) is 3.09. The van der Waals surface area contributed by atoms with Crippen molar-refractivity contribution in [3.8, 4) is 0 Å². The molecule has 2 nitrogen and oxygen atoms in total. The second kappa shape index (κ2) is 4.64. The van der Waals surface area contributed by atoms with E-state index >= 15 is 0 Å². The van der Waals surface area contributed by atoms with Crippen molar-refractivity contribution in [1.29, 1.82) is 0 Å². The molecule has 2 aromatic rings. The molecule has 0 amide bonds. The van der Waals surface area contributed by atoms with Gasteiger partial charge in [-0.25, -0.2) is 0 Å². The van der Waals surface area contributed by atoms with Crippen LogP contribution in [0.5, 0.6) is 0 Å². The molecule has 0 bridgehead atoms. The van der Waals surface area contributed by atoms with Gasteiger partial charge in [0, 0.05) is 10.7 Å². The molecule has 3 heteroatoms. The highest BCUT2D eigenvalue weighted by atomic mass is 35.5. The minimum absolute atomic E-state index is 0.270. The van der Waals surface area contributed by atoms with Crippen LogP contribution in [0.25, 0.3) is 0 Å². The second-order valence-corrected chi connectivity index (χ2v) is 4.11. The van der Waals surface area contributed by atoms with Crippen molar-refractivity contribution in [1.82, 2.24) is 4.98 Å². The molecule has 2 N–H and O–H groups in total. The van der Waals surface area contributed by atoms with Gasteiger partial charge in [0.2, 0.25) is 0 Å². The summed E-state index contributed by atoms with van der Waals surface area (Å²) in [7, 11) is 0. The second-order valence-electron chi connectivity index (χ2n) is 3.70. The smallest absolute Gasteiger partial charge is 0.0740 e. The molecule has 1 aromatic heterocycles. The van der Waals surface area contributed by atoms with Crippen LogP contribution in [0.15, 0.2) is 42.5 Å². The third-order valence-corrected chi connectivity index (χ3v) is 2.81. The number of rotatable bonds is 2. The van der Waals surface area contributed by atoms with Crippen LogP contribution in [-0.2, 0) is 0 Å². The average Bonchev–Trinajstić information content (AvgIpc) is 2.29. The monoisotopic (exact) mass is 232 g/mol. The van der Waals surface area contributed by atoms with Gasteiger partial charge in [0.15, 0.2) is 0 Å². The molecule has 82 valence electrons. The van der Waals surface area contributed by atoms with Gasteiger partial charge in [-0.3, -0.25) is 4.98 Å². The van der Waals surface area contributed by atoms with Crippen LogP contribution in [0.2, 0.25) is 5.02 Å². The van der Waals surface area contributed by atoms with Crippen LogP contribution in [0.4, 0.5) is 0 Å². The molecule has 0 saturated carbocycles. The summed E-state index contributed by atoms with van der Waals surface area (Å²) in [4.78, 5) is 4.41. The van der Waals surface area contributed by atoms with Crippen molar-refractivity contribution in [3.63, 3.8) is 0 Å². The number of halogens is 1. The predicted molar refractivity (Wildman–Crippen MR) is 66.5 cm³/mol. The summed E-state index contributed by atoms with van der Waals surface area (Å²) < 4.78 is 0. The Labute approximate surface area is 100 Å². The van der Waals surface area contributed by atoms with E-state index in [0.29, 0.717) is 5.02 Å². The van der Waals surface area contributed by atoms with Crippen LogP contribution in [0.3, 0.4) is 0 Å². The van der Waals surface area contributed by atoms with Gasteiger partial charge in [0.05, 0.1) is 11.7 Å². The molecule has 0 aliphatic rings. The van der Waals surface area contributed by atoms with E-state index in [2.05, 4.69) is 4.98 Å². The SMILES string of the molecule is Cc1cccc(C(N)c2ccccc2Cl)n1. The Morgan fingerprint density at radius 2 is 1.88 bits per heavy atom. The fourth-order valence-electron chi connectivity index (χ4n) is 1.62. The summed E-state index contributed by atoms with van der Waals surface area (Å²) in [6, 6.07) is 13.1. The van der Waals surface area contributed by atoms with Crippen LogP contribution in [-0.4, -0.2) is 4.98 Å². The molecular formula is C13H13ClN2. The van der Waals surface area contributed by atoms with Gasteiger partial charge in [-0.2, -0.15) is 0 Å². The van der Waals surface area contributed by atoms with E-state index < -0.39 is 0 Å². The Morgan fingerprint density at radius 1 is 1.12 bits per heavy atom. The van der Waals surface area contributed by atoms with E-state index in [1.54, 1.807) is 0 Å². The normalized spacial score (nSPS) is 12.4. The molecular weight excluding hydrogens is 220 g/mol. The van der Waals surface area contributed by atoms with Gasteiger partial charge in [0.25, 0.3) is 0 Å². The Balaban J connectivity index is 2.39. The molecule has 1 unspecified atom stereocenters. The summed E-state index contributed by atoms with van der Waals surface area (Å²) in [5.74, 6) is 0. The first-order valence-corrected chi connectivity index (χ1v) is 5.50. The highest BCUT2D eigenvalue weighted by Gasteiger charge is 2.12. The van der Waals surface area contributed by atoms with Crippen molar-refractivity contribution in [2.75, 3.05) is 0 Å². The minimum atomic E-state index is -0.270. The molecule has 0 spiro atoms. The summed E-state index contributed by atoms with van der Waals surface area (Å²) in [6.07, 6.45) is 0. The van der Waals surface area contributed by atoms with Crippen molar-refractivity contribution < 1.29 is 0 Å². The molecule has 0 fully saturated rings. The molecule has 0 aliphatic heterocycles. The fourth-order valence-corrected chi connectivity index (χ4v) is 1.88. The van der Waals surface area contributed by atoms with E-state index in [4.69, 9.17) is 17.3 Å². The van der Waals surface area contributed by atoms with Crippen molar-refractivity contribution >= 4 is 11.6 Å². The van der Waals surface area contributed by atoms with Gasteiger partial charge >= 0.3 is 0 Å². The number of benzene rings is 1. The zero-order chi connectivity index (χ0) is 11.5. The molecule has 16 heavy (non-hydrogen) atoms. The molecule has 2 rings (SSSR count). The third-order valence-electron chi connectivity index (χ3n) is 2.47. The molecule has 1 aromatic carbocycles. The highest BCUT2D eigenvalue weighted by Crippen LogP contribution is 2.25. The zero-order valence-electron chi connectivity index (χ0n) is 9.02. The maximum Gasteiger partial charge on any atom is 0.0740 e. The van der Waals surface area contributed by atoms with Crippen LogP contribution < -0.4 is 5.73 Å². The van der Waals surface area contributed by atoms with Crippen LogP contribution in [0.1, 0.15) is 23.0 Å². The van der Waals surface area contributed by atoms with Crippen molar-refractivity contribution in [2.24, 2.45) is 5.73 Å². The first-order valence-electron chi connectivity index (χ1n) is 5.12. The maximum absolute atomic E-state index is 6.14. The van der Waals surface area contributed by atoms with Gasteiger partial charge < -0.3 is 5.73 Å². The van der Waals surface area contributed by atoms with E-state index in [1.165, 1.54) is 0 Å². The zero-order valence-corrected chi connectivity index (χ0v) is 9.78. The molecule has 0 radical (unpaired) electrons. The molecule has 1 atom stereocenters. The molecule has 0 aliphatic carbocycles. The van der Waals surface area contributed by atoms with Gasteiger partial charge in [-0.05, 0) is 30.7 Å². The quantitative estimate of drug-likeness (QED) is 0.864. The molecule has 0 saturated heterocycles. The van der Waals surface area contributed by atoms with Crippen LogP contribution in [0, 0.1) is 6.92 Å². The van der Waals surface area contributed by atoms with Gasteiger partial charge in [-0.1, -0.05) is 35.9 Å². The lowest BCUT2D eigenvalue weighted by atomic mass is 10.0. The van der Waals surface area contributed by atoms with E-state index in [9.17, 15) is 0 Å². The van der Waals surface area contributed by atoms with E-state index in [0.717, 1.165) is 17.0 Å². The number of hydrogen-bond donors (Lipinski definition) is 1. The number of nitrogens with two attached hydrogens (primary N) is 1. The first-order chi connectivity index (χ1) is 7.68. The summed E-state index contributed by atoms with van der Waals surface area (Å²) in [5.41, 5.74) is 8.84. The lowest BCUT2D eigenvalue weighted by molar-refractivity contribution is 0.822. The van der Waals surface area contributed by atoms with E-state index in [1.807, 2.05) is 49.4 Å². The Kier molecular flexibility index (Phi) is 3.22. The lowest BCUT2D eigenvalue weighted by Crippen LogP contribution is -2.14. The van der Waals surface area contributed by atoms with Crippen molar-refractivity contribution in [2.45, 2.75) is 13.0 Å². The number of nitrogens with zero attached hydrogens (tertiary/aromatic N) is 1. The standard InChI is InChI=1S/C13H13ClN2/c1-9-5-4-8-12(16-9)13(15)10-6-2-3-7-11(10)14/h2-8,13H,15H2,1H3. The number of aromatic nitrogens is 1. The Hall–Kier alpha value is -1.38.